The van der Waals surface area contributed by atoms with E-state index in [4.69, 9.17) is 11.6 Å². The molecule has 0 aromatic carbocycles. The summed E-state index contributed by atoms with van der Waals surface area (Å²) in [7, 11) is 0. The Morgan fingerprint density at radius 2 is 2.15 bits per heavy atom. The van der Waals surface area contributed by atoms with E-state index >= 15 is 0 Å². The van der Waals surface area contributed by atoms with Gasteiger partial charge in [-0.05, 0) is 42.3 Å². The summed E-state index contributed by atoms with van der Waals surface area (Å²) >= 11 is 5.36. The molecular formula is C10H8ClNO. The van der Waals surface area contributed by atoms with Gasteiger partial charge in [0.05, 0.1) is 5.56 Å². The number of aromatic nitrogens is 1. The molecule has 0 N–H and O–H groups in total. The normalized spacial score (nSPS) is 10.6. The molecule has 0 saturated heterocycles. The Balaban J connectivity index is 2.67. The van der Waals surface area contributed by atoms with E-state index in [0.29, 0.717) is 5.56 Å². The third-order valence-corrected chi connectivity index (χ3v) is 2.17. The Morgan fingerprint density at radius 3 is 2.85 bits per heavy atom. The van der Waals surface area contributed by atoms with Gasteiger partial charge in [0.15, 0.2) is 0 Å². The average Bonchev–Trinajstić information content (AvgIpc) is 2.42. The van der Waals surface area contributed by atoms with E-state index in [0.717, 1.165) is 5.52 Å². The lowest BCUT2D eigenvalue weighted by molar-refractivity contribution is 0.108. The van der Waals surface area contributed by atoms with Crippen molar-refractivity contribution in [2.24, 2.45) is 0 Å². The summed E-state index contributed by atoms with van der Waals surface area (Å²) < 4.78 is 1.89. The monoisotopic (exact) mass is 193 g/mol. The molecule has 66 valence electrons. The van der Waals surface area contributed by atoms with Gasteiger partial charge in [0, 0.05) is 17.9 Å². The molecule has 2 rings (SSSR count). The zero-order valence-electron chi connectivity index (χ0n) is 7.12. The van der Waals surface area contributed by atoms with Gasteiger partial charge in [0.2, 0.25) is 0 Å². The van der Waals surface area contributed by atoms with E-state index in [-0.39, 0.29) is 0 Å². The fourth-order valence-electron chi connectivity index (χ4n) is 1.37. The first kappa shape index (κ1) is 8.32. The average molecular weight is 194 g/mol. The van der Waals surface area contributed by atoms with Crippen LogP contribution in [0.2, 0.25) is 0 Å². The van der Waals surface area contributed by atoms with Crippen molar-refractivity contribution in [3.63, 3.8) is 0 Å². The molecule has 0 fully saturated rings. The number of aryl methyl sites for hydroxylation is 1. The number of halogens is 1. The van der Waals surface area contributed by atoms with Crippen LogP contribution < -0.4 is 0 Å². The quantitative estimate of drug-likeness (QED) is 0.638. The van der Waals surface area contributed by atoms with Crippen LogP contribution in [0, 0.1) is 6.92 Å². The van der Waals surface area contributed by atoms with E-state index in [2.05, 4.69) is 0 Å². The largest absolute Gasteiger partial charge is 0.323 e. The number of carbonyl (C=O) groups is 1. The smallest absolute Gasteiger partial charge is 0.253 e. The van der Waals surface area contributed by atoms with Gasteiger partial charge in [-0.2, -0.15) is 0 Å². The van der Waals surface area contributed by atoms with Crippen LogP contribution >= 0.6 is 11.6 Å². The summed E-state index contributed by atoms with van der Waals surface area (Å²) in [6, 6.07) is 5.65. The second kappa shape index (κ2) is 2.89. The highest BCUT2D eigenvalue weighted by Crippen LogP contribution is 2.12. The predicted molar refractivity (Wildman–Crippen MR) is 52.3 cm³/mol. The summed E-state index contributed by atoms with van der Waals surface area (Å²) in [4.78, 5) is 10.8. The number of nitrogens with zero attached hydrogens (tertiary/aromatic N) is 1. The van der Waals surface area contributed by atoms with Crippen molar-refractivity contribution in [2.45, 2.75) is 6.92 Å². The van der Waals surface area contributed by atoms with Crippen LogP contribution in [-0.4, -0.2) is 9.64 Å². The first-order chi connectivity index (χ1) is 6.16. The maximum Gasteiger partial charge on any atom is 0.253 e. The lowest BCUT2D eigenvalue weighted by Crippen LogP contribution is -1.91. The van der Waals surface area contributed by atoms with E-state index in [1.165, 1.54) is 5.56 Å². The molecule has 0 aliphatic carbocycles. The van der Waals surface area contributed by atoms with Crippen molar-refractivity contribution in [3.05, 3.63) is 41.7 Å². The lowest BCUT2D eigenvalue weighted by Gasteiger charge is -1.96. The van der Waals surface area contributed by atoms with Gasteiger partial charge in [-0.15, -0.1) is 0 Å². The Bertz CT molecular complexity index is 473. The summed E-state index contributed by atoms with van der Waals surface area (Å²) in [6.45, 7) is 2.01. The molecule has 0 bridgehead atoms. The van der Waals surface area contributed by atoms with Crippen molar-refractivity contribution in [3.8, 4) is 0 Å². The molecule has 0 aliphatic rings. The standard InChI is InChI=1S/C10H8ClNO/c1-7-4-9-3-2-8(10(11)13)6-12(9)5-7/h2-6H,1H3. The highest BCUT2D eigenvalue weighted by molar-refractivity contribution is 6.67. The van der Waals surface area contributed by atoms with Crippen molar-refractivity contribution >= 4 is 22.4 Å². The van der Waals surface area contributed by atoms with E-state index in [1.807, 2.05) is 29.7 Å². The number of pyridine rings is 1. The number of carbonyl (C=O) groups excluding carboxylic acids is 1. The third kappa shape index (κ3) is 1.45. The Morgan fingerprint density at radius 1 is 1.38 bits per heavy atom. The molecule has 0 atom stereocenters. The second-order valence-corrected chi connectivity index (χ2v) is 3.38. The Kier molecular flexibility index (Phi) is 1.85. The van der Waals surface area contributed by atoms with Gasteiger partial charge >= 0.3 is 0 Å². The van der Waals surface area contributed by atoms with Gasteiger partial charge in [-0.1, -0.05) is 0 Å². The maximum absolute atomic E-state index is 10.8. The first-order valence-corrected chi connectivity index (χ1v) is 4.33. The Labute approximate surface area is 80.7 Å². The van der Waals surface area contributed by atoms with Crippen molar-refractivity contribution in [2.75, 3.05) is 0 Å². The second-order valence-electron chi connectivity index (χ2n) is 3.04. The van der Waals surface area contributed by atoms with Crippen LogP contribution in [0.25, 0.3) is 5.52 Å². The number of fused-ring (bicyclic) bond motifs is 1. The molecule has 13 heavy (non-hydrogen) atoms. The van der Waals surface area contributed by atoms with Gasteiger partial charge in [-0.25, -0.2) is 0 Å². The minimum Gasteiger partial charge on any atom is -0.323 e. The topological polar surface area (TPSA) is 21.5 Å². The molecular weight excluding hydrogens is 186 g/mol. The molecule has 0 saturated carbocycles. The zero-order chi connectivity index (χ0) is 9.42. The number of rotatable bonds is 1. The zero-order valence-corrected chi connectivity index (χ0v) is 7.88. The molecule has 0 radical (unpaired) electrons. The minimum atomic E-state index is -0.423. The lowest BCUT2D eigenvalue weighted by atomic mass is 10.3. The van der Waals surface area contributed by atoms with E-state index in [9.17, 15) is 4.79 Å². The molecule has 0 unspecified atom stereocenters. The van der Waals surface area contributed by atoms with Crippen molar-refractivity contribution in [1.29, 1.82) is 0 Å². The van der Waals surface area contributed by atoms with Crippen LogP contribution in [0.5, 0.6) is 0 Å². The maximum atomic E-state index is 10.8. The molecule has 0 amide bonds. The van der Waals surface area contributed by atoms with Crippen LogP contribution in [0.3, 0.4) is 0 Å². The van der Waals surface area contributed by atoms with Gasteiger partial charge < -0.3 is 4.40 Å². The molecule has 0 aliphatic heterocycles. The SMILES string of the molecule is Cc1cc2ccc(C(=O)Cl)cn2c1. The summed E-state index contributed by atoms with van der Waals surface area (Å²) in [6.07, 6.45) is 3.69. The Hall–Kier alpha value is -1.28. The fourth-order valence-corrected chi connectivity index (χ4v) is 1.48. The summed E-state index contributed by atoms with van der Waals surface area (Å²) in [5.41, 5.74) is 2.75. The fraction of sp³-hybridized carbons (Fsp3) is 0.100. The molecule has 0 spiro atoms. The molecule has 2 nitrogen and oxygen atoms in total. The van der Waals surface area contributed by atoms with Crippen LogP contribution in [0.15, 0.2) is 30.6 Å². The number of hydrogen-bond acceptors (Lipinski definition) is 1. The number of hydrogen-bond donors (Lipinski definition) is 0. The molecule has 2 heterocycles. The minimum absolute atomic E-state index is 0.423. The van der Waals surface area contributed by atoms with Gasteiger partial charge in [0.1, 0.15) is 0 Å². The van der Waals surface area contributed by atoms with Gasteiger partial charge in [-0.3, -0.25) is 4.79 Å². The van der Waals surface area contributed by atoms with E-state index < -0.39 is 5.24 Å². The van der Waals surface area contributed by atoms with E-state index in [1.54, 1.807) is 12.3 Å². The van der Waals surface area contributed by atoms with Crippen LogP contribution in [-0.2, 0) is 0 Å². The highest BCUT2D eigenvalue weighted by Gasteiger charge is 2.02. The summed E-state index contributed by atoms with van der Waals surface area (Å²) in [5, 5.41) is -0.423. The predicted octanol–water partition coefficient (Wildman–Crippen LogP) is 2.63. The molecule has 3 heteroatoms. The highest BCUT2D eigenvalue weighted by atomic mass is 35.5. The first-order valence-electron chi connectivity index (χ1n) is 3.95. The van der Waals surface area contributed by atoms with Crippen molar-refractivity contribution < 1.29 is 4.79 Å². The third-order valence-electron chi connectivity index (χ3n) is 1.96. The van der Waals surface area contributed by atoms with Gasteiger partial charge in [0.25, 0.3) is 5.24 Å². The van der Waals surface area contributed by atoms with Crippen LogP contribution in [0.1, 0.15) is 15.9 Å². The molecule has 2 aromatic heterocycles. The summed E-state index contributed by atoms with van der Waals surface area (Å²) in [5.74, 6) is 0. The van der Waals surface area contributed by atoms with Crippen LogP contribution in [0.4, 0.5) is 0 Å². The van der Waals surface area contributed by atoms with Crippen molar-refractivity contribution in [1.82, 2.24) is 4.40 Å². The molecule has 2 aromatic rings.